The molecule has 0 atom stereocenters. The number of para-hydroxylation sites is 2. The SMILES string of the molecule is CN(C)CC(=O)Nc1ccccc1NC(=O)C1(c2ccccc2)CC1. The normalized spacial score (nSPS) is 14.8. The number of likely N-dealkylation sites (N-methyl/N-ethyl adjacent to an activating group) is 1. The van der Waals surface area contributed by atoms with Crippen LogP contribution in [-0.4, -0.2) is 37.4 Å². The minimum atomic E-state index is -0.442. The van der Waals surface area contributed by atoms with Gasteiger partial charge in [-0.1, -0.05) is 42.5 Å². The Morgan fingerprint density at radius 3 is 2.04 bits per heavy atom. The van der Waals surface area contributed by atoms with Crippen LogP contribution < -0.4 is 10.6 Å². The predicted octanol–water partition coefficient (Wildman–Crippen LogP) is 2.86. The largest absolute Gasteiger partial charge is 0.324 e. The molecule has 2 aromatic carbocycles. The van der Waals surface area contributed by atoms with Crippen molar-refractivity contribution < 1.29 is 9.59 Å². The topological polar surface area (TPSA) is 61.4 Å². The Labute approximate surface area is 148 Å². The monoisotopic (exact) mass is 337 g/mol. The van der Waals surface area contributed by atoms with Gasteiger partial charge in [0.05, 0.1) is 23.3 Å². The van der Waals surface area contributed by atoms with E-state index in [0.717, 1.165) is 18.4 Å². The number of amides is 2. The van der Waals surface area contributed by atoms with E-state index in [2.05, 4.69) is 10.6 Å². The number of nitrogens with zero attached hydrogens (tertiary/aromatic N) is 1. The zero-order chi connectivity index (χ0) is 17.9. The second-order valence-electron chi connectivity index (χ2n) is 6.73. The summed E-state index contributed by atoms with van der Waals surface area (Å²) in [5.41, 5.74) is 1.84. The third-order valence-corrected chi connectivity index (χ3v) is 4.42. The van der Waals surface area contributed by atoms with Gasteiger partial charge in [-0.25, -0.2) is 0 Å². The van der Waals surface area contributed by atoms with Crippen molar-refractivity contribution in [3.8, 4) is 0 Å². The van der Waals surface area contributed by atoms with Crippen LogP contribution in [0.4, 0.5) is 11.4 Å². The highest BCUT2D eigenvalue weighted by atomic mass is 16.2. The van der Waals surface area contributed by atoms with Crippen molar-refractivity contribution in [3.63, 3.8) is 0 Å². The van der Waals surface area contributed by atoms with Crippen LogP contribution >= 0.6 is 0 Å². The third-order valence-electron chi connectivity index (χ3n) is 4.42. The van der Waals surface area contributed by atoms with Crippen molar-refractivity contribution in [1.82, 2.24) is 4.90 Å². The van der Waals surface area contributed by atoms with Crippen molar-refractivity contribution in [3.05, 3.63) is 60.2 Å². The van der Waals surface area contributed by atoms with Gasteiger partial charge in [0.2, 0.25) is 11.8 Å². The fourth-order valence-corrected chi connectivity index (χ4v) is 2.95. The van der Waals surface area contributed by atoms with E-state index in [1.54, 1.807) is 11.0 Å². The molecule has 0 aromatic heterocycles. The zero-order valence-electron chi connectivity index (χ0n) is 14.6. The Bertz CT molecular complexity index is 768. The van der Waals surface area contributed by atoms with E-state index in [1.807, 2.05) is 62.6 Å². The van der Waals surface area contributed by atoms with Crippen molar-refractivity contribution in [2.45, 2.75) is 18.3 Å². The van der Waals surface area contributed by atoms with Gasteiger partial charge in [-0.3, -0.25) is 9.59 Å². The van der Waals surface area contributed by atoms with Crippen molar-refractivity contribution in [2.75, 3.05) is 31.3 Å². The lowest BCUT2D eigenvalue weighted by Gasteiger charge is -2.18. The van der Waals surface area contributed by atoms with Gasteiger partial charge in [0, 0.05) is 0 Å². The van der Waals surface area contributed by atoms with Crippen LogP contribution in [0.1, 0.15) is 18.4 Å². The van der Waals surface area contributed by atoms with Gasteiger partial charge >= 0.3 is 0 Å². The third kappa shape index (κ3) is 3.88. The van der Waals surface area contributed by atoms with Gasteiger partial charge in [-0.2, -0.15) is 0 Å². The summed E-state index contributed by atoms with van der Waals surface area (Å²) in [5.74, 6) is -0.135. The molecule has 0 bridgehead atoms. The molecule has 3 rings (SSSR count). The van der Waals surface area contributed by atoms with Gasteiger partial charge in [0.1, 0.15) is 0 Å². The molecule has 5 nitrogen and oxygen atoms in total. The molecule has 0 unspecified atom stereocenters. The number of carbonyl (C=O) groups is 2. The zero-order valence-corrected chi connectivity index (χ0v) is 14.6. The van der Waals surface area contributed by atoms with Gasteiger partial charge in [-0.15, -0.1) is 0 Å². The number of carbonyl (C=O) groups excluding carboxylic acids is 2. The lowest BCUT2D eigenvalue weighted by Crippen LogP contribution is -2.30. The van der Waals surface area contributed by atoms with E-state index in [-0.39, 0.29) is 18.4 Å². The number of benzene rings is 2. The molecule has 1 fully saturated rings. The standard InChI is InChI=1S/C20H23N3O2/c1-23(2)14-18(24)21-16-10-6-7-11-17(16)22-19(25)20(12-13-20)15-8-4-3-5-9-15/h3-11H,12-14H2,1-2H3,(H,21,24)(H,22,25). The molecule has 0 heterocycles. The minimum Gasteiger partial charge on any atom is -0.324 e. The van der Waals surface area contributed by atoms with Gasteiger partial charge in [0.15, 0.2) is 0 Å². The Morgan fingerprint density at radius 1 is 0.920 bits per heavy atom. The highest BCUT2D eigenvalue weighted by Crippen LogP contribution is 2.49. The lowest BCUT2D eigenvalue weighted by atomic mass is 9.95. The first-order valence-corrected chi connectivity index (χ1v) is 8.42. The number of hydrogen-bond donors (Lipinski definition) is 2. The highest BCUT2D eigenvalue weighted by molar-refractivity contribution is 6.05. The average molecular weight is 337 g/mol. The summed E-state index contributed by atoms with van der Waals surface area (Å²) >= 11 is 0. The van der Waals surface area contributed by atoms with Crippen LogP contribution in [0.3, 0.4) is 0 Å². The lowest BCUT2D eigenvalue weighted by molar-refractivity contribution is -0.119. The fourth-order valence-electron chi connectivity index (χ4n) is 2.95. The van der Waals surface area contributed by atoms with Gasteiger partial charge < -0.3 is 15.5 Å². The Kier molecular flexibility index (Phi) is 4.86. The summed E-state index contributed by atoms with van der Waals surface area (Å²) in [4.78, 5) is 26.7. The quantitative estimate of drug-likeness (QED) is 0.852. The predicted molar refractivity (Wildman–Crippen MR) is 99.6 cm³/mol. The molecule has 0 spiro atoms. The molecule has 2 N–H and O–H groups in total. The molecule has 5 heteroatoms. The van der Waals surface area contributed by atoms with Crippen LogP contribution in [-0.2, 0) is 15.0 Å². The molecule has 1 saturated carbocycles. The first-order valence-electron chi connectivity index (χ1n) is 8.42. The second kappa shape index (κ2) is 7.07. The molecule has 2 amide bonds. The van der Waals surface area contributed by atoms with Crippen LogP contribution in [0.2, 0.25) is 0 Å². The molecule has 130 valence electrons. The molecule has 25 heavy (non-hydrogen) atoms. The summed E-state index contributed by atoms with van der Waals surface area (Å²) in [7, 11) is 3.67. The maximum atomic E-state index is 12.9. The van der Waals surface area contributed by atoms with Crippen molar-refractivity contribution in [1.29, 1.82) is 0 Å². The van der Waals surface area contributed by atoms with Crippen LogP contribution in [0.5, 0.6) is 0 Å². The maximum Gasteiger partial charge on any atom is 0.238 e. The van der Waals surface area contributed by atoms with Gasteiger partial charge in [-0.05, 0) is 44.6 Å². The number of hydrogen-bond acceptors (Lipinski definition) is 3. The first kappa shape index (κ1) is 17.2. The Balaban J connectivity index is 1.75. The van der Waals surface area contributed by atoms with E-state index < -0.39 is 5.41 Å². The van der Waals surface area contributed by atoms with Crippen LogP contribution in [0.15, 0.2) is 54.6 Å². The number of rotatable bonds is 6. The Hall–Kier alpha value is -2.66. The summed E-state index contributed by atoms with van der Waals surface area (Å²) in [6, 6.07) is 17.2. The molecular formula is C20H23N3O2. The number of nitrogens with one attached hydrogen (secondary N) is 2. The van der Waals surface area contributed by atoms with E-state index >= 15 is 0 Å². The summed E-state index contributed by atoms with van der Waals surface area (Å²) < 4.78 is 0. The van der Waals surface area contributed by atoms with E-state index in [9.17, 15) is 9.59 Å². The van der Waals surface area contributed by atoms with E-state index in [4.69, 9.17) is 0 Å². The molecule has 2 aromatic rings. The molecule has 0 aliphatic heterocycles. The summed E-state index contributed by atoms with van der Waals surface area (Å²) in [5, 5.41) is 5.87. The average Bonchev–Trinajstić information content (AvgIpc) is 3.38. The fraction of sp³-hybridized carbons (Fsp3) is 0.300. The summed E-state index contributed by atoms with van der Waals surface area (Å²) in [6.45, 7) is 0.288. The molecular weight excluding hydrogens is 314 g/mol. The molecule has 0 saturated heterocycles. The second-order valence-corrected chi connectivity index (χ2v) is 6.73. The van der Waals surface area contributed by atoms with Crippen molar-refractivity contribution >= 4 is 23.2 Å². The van der Waals surface area contributed by atoms with Crippen molar-refractivity contribution in [2.24, 2.45) is 0 Å². The van der Waals surface area contributed by atoms with E-state index in [0.29, 0.717) is 11.4 Å². The number of anilines is 2. The first-order chi connectivity index (χ1) is 12.0. The smallest absolute Gasteiger partial charge is 0.238 e. The van der Waals surface area contributed by atoms with E-state index in [1.165, 1.54) is 0 Å². The maximum absolute atomic E-state index is 12.9. The summed E-state index contributed by atoms with van der Waals surface area (Å²) in [6.07, 6.45) is 1.69. The highest BCUT2D eigenvalue weighted by Gasteiger charge is 2.51. The minimum absolute atomic E-state index is 0.0204. The van der Waals surface area contributed by atoms with Gasteiger partial charge in [0.25, 0.3) is 0 Å². The van der Waals surface area contributed by atoms with Crippen LogP contribution in [0.25, 0.3) is 0 Å². The molecule has 0 radical (unpaired) electrons. The molecule has 1 aliphatic carbocycles. The Morgan fingerprint density at radius 2 is 1.48 bits per heavy atom. The van der Waals surface area contributed by atoms with Crippen LogP contribution in [0, 0.1) is 0 Å². The molecule has 1 aliphatic rings.